The van der Waals surface area contributed by atoms with Gasteiger partial charge in [0.1, 0.15) is 0 Å². The number of carbonyl (C=O) groups excluding carboxylic acids is 1. The summed E-state index contributed by atoms with van der Waals surface area (Å²) >= 11 is 0. The zero-order chi connectivity index (χ0) is 14.9. The molecule has 0 fully saturated rings. The van der Waals surface area contributed by atoms with Crippen LogP contribution < -0.4 is 9.64 Å². The highest BCUT2D eigenvalue weighted by Crippen LogP contribution is 2.38. The van der Waals surface area contributed by atoms with Crippen LogP contribution in [0.3, 0.4) is 0 Å². The molecule has 2 rings (SSSR count). The highest BCUT2D eigenvalue weighted by atomic mass is 16.6. The molecule has 0 aliphatic carbocycles. The highest BCUT2D eigenvalue weighted by Gasteiger charge is 2.27. The number of carbonyl (C=O) groups is 1. The molecule has 1 aliphatic rings. The van der Waals surface area contributed by atoms with Gasteiger partial charge in [0.2, 0.25) is 5.91 Å². The first kappa shape index (κ1) is 14.1. The fourth-order valence-corrected chi connectivity index (χ4v) is 2.25. The molecule has 1 aromatic carbocycles. The van der Waals surface area contributed by atoms with Gasteiger partial charge in [0.25, 0.3) is 0 Å². The summed E-state index contributed by atoms with van der Waals surface area (Å²) < 4.78 is 5.05. The van der Waals surface area contributed by atoms with Crippen molar-refractivity contribution in [1.29, 1.82) is 0 Å². The number of hydrogen-bond donors (Lipinski definition) is 0. The minimum atomic E-state index is -0.469. The second-order valence-corrected chi connectivity index (χ2v) is 4.87. The van der Waals surface area contributed by atoms with Gasteiger partial charge in [-0.3, -0.25) is 14.9 Å². The summed E-state index contributed by atoms with van der Waals surface area (Å²) in [7, 11) is 4.79. The molecule has 7 heteroatoms. The van der Waals surface area contributed by atoms with Gasteiger partial charge in [-0.2, -0.15) is 0 Å². The second kappa shape index (κ2) is 5.36. The van der Waals surface area contributed by atoms with E-state index < -0.39 is 4.92 Å². The molecule has 0 radical (unpaired) electrons. The summed E-state index contributed by atoms with van der Waals surface area (Å²) in [6.45, 7) is 0.905. The Hall–Kier alpha value is -2.31. The van der Waals surface area contributed by atoms with Gasteiger partial charge in [-0.25, -0.2) is 0 Å². The number of amides is 1. The maximum atomic E-state index is 11.8. The molecule has 1 heterocycles. The lowest BCUT2D eigenvalue weighted by Crippen LogP contribution is -2.35. The maximum absolute atomic E-state index is 11.8. The molecule has 0 saturated carbocycles. The van der Waals surface area contributed by atoms with Crippen molar-refractivity contribution < 1.29 is 14.5 Å². The minimum Gasteiger partial charge on any atom is -0.490 e. The zero-order valence-electron chi connectivity index (χ0n) is 11.8. The van der Waals surface area contributed by atoms with Crippen LogP contribution in [0.15, 0.2) is 12.1 Å². The van der Waals surface area contributed by atoms with E-state index in [2.05, 4.69) is 0 Å². The van der Waals surface area contributed by atoms with E-state index in [-0.39, 0.29) is 23.9 Å². The Labute approximate surface area is 116 Å². The zero-order valence-corrected chi connectivity index (χ0v) is 11.8. The van der Waals surface area contributed by atoms with Crippen LogP contribution in [0.4, 0.5) is 11.4 Å². The lowest BCUT2D eigenvalue weighted by Gasteiger charge is -2.21. The van der Waals surface area contributed by atoms with Crippen LogP contribution in [0.25, 0.3) is 0 Å². The van der Waals surface area contributed by atoms with Crippen LogP contribution in [0.2, 0.25) is 0 Å². The van der Waals surface area contributed by atoms with Crippen molar-refractivity contribution in [2.45, 2.75) is 6.42 Å². The molecule has 7 nitrogen and oxygen atoms in total. The first-order chi connectivity index (χ1) is 9.43. The van der Waals surface area contributed by atoms with Crippen molar-refractivity contribution in [3.63, 3.8) is 0 Å². The number of methoxy groups -OCH3 is 1. The summed E-state index contributed by atoms with van der Waals surface area (Å²) in [4.78, 5) is 25.7. The number of anilines is 1. The van der Waals surface area contributed by atoms with Crippen molar-refractivity contribution in [3.8, 4) is 5.75 Å². The number of nitro benzene ring substituents is 1. The average molecular weight is 279 g/mol. The first-order valence-electron chi connectivity index (χ1n) is 6.24. The van der Waals surface area contributed by atoms with E-state index >= 15 is 0 Å². The van der Waals surface area contributed by atoms with Gasteiger partial charge >= 0.3 is 5.69 Å². The molecule has 0 atom stereocenters. The number of rotatable bonds is 4. The van der Waals surface area contributed by atoms with Gasteiger partial charge in [0.05, 0.1) is 18.6 Å². The lowest BCUT2D eigenvalue weighted by molar-refractivity contribution is -0.385. The van der Waals surface area contributed by atoms with Crippen molar-refractivity contribution >= 4 is 17.3 Å². The molecule has 1 aliphatic heterocycles. The van der Waals surface area contributed by atoms with Gasteiger partial charge in [-0.15, -0.1) is 0 Å². The molecule has 0 N–H and O–H groups in total. The number of likely N-dealkylation sites (N-methyl/N-ethyl adjacent to an activating group) is 1. The average Bonchev–Trinajstić information content (AvgIpc) is 2.79. The molecule has 20 heavy (non-hydrogen) atoms. The van der Waals surface area contributed by atoms with Crippen LogP contribution in [-0.4, -0.2) is 50.0 Å². The van der Waals surface area contributed by atoms with Crippen LogP contribution in [0.1, 0.15) is 5.56 Å². The number of fused-ring (bicyclic) bond motifs is 1. The highest BCUT2D eigenvalue weighted by molar-refractivity contribution is 5.82. The summed E-state index contributed by atoms with van der Waals surface area (Å²) in [5.74, 6) is 0.228. The van der Waals surface area contributed by atoms with Crippen molar-refractivity contribution in [3.05, 3.63) is 27.8 Å². The molecule has 1 aromatic rings. The van der Waals surface area contributed by atoms with E-state index in [0.29, 0.717) is 6.54 Å². The van der Waals surface area contributed by atoms with Crippen LogP contribution in [0, 0.1) is 10.1 Å². The van der Waals surface area contributed by atoms with E-state index in [1.54, 1.807) is 20.2 Å². The lowest BCUT2D eigenvalue weighted by atomic mass is 10.1. The monoisotopic (exact) mass is 279 g/mol. The quantitative estimate of drug-likeness (QED) is 0.608. The second-order valence-electron chi connectivity index (χ2n) is 4.87. The molecule has 108 valence electrons. The Bertz CT molecular complexity index is 557. The van der Waals surface area contributed by atoms with Crippen LogP contribution >= 0.6 is 0 Å². The van der Waals surface area contributed by atoms with Gasteiger partial charge in [0, 0.05) is 32.4 Å². The van der Waals surface area contributed by atoms with Gasteiger partial charge < -0.3 is 14.5 Å². The van der Waals surface area contributed by atoms with Crippen LogP contribution in [-0.2, 0) is 11.2 Å². The fraction of sp³-hybridized carbons (Fsp3) is 0.462. The summed E-state index contributed by atoms with van der Waals surface area (Å²) in [5, 5.41) is 11.0. The SMILES string of the molecule is COc1cc2c(cc1[N+](=O)[O-])N(CC(=O)N(C)C)CC2. The van der Waals surface area contributed by atoms with Gasteiger partial charge in [0.15, 0.2) is 5.75 Å². The molecule has 1 amide bonds. The third kappa shape index (κ3) is 2.52. The molecular formula is C13H17N3O4. The smallest absolute Gasteiger partial charge is 0.312 e. The Morgan fingerprint density at radius 2 is 2.20 bits per heavy atom. The number of benzene rings is 1. The third-order valence-electron chi connectivity index (χ3n) is 3.39. The van der Waals surface area contributed by atoms with Crippen molar-refractivity contribution in [2.24, 2.45) is 0 Å². The predicted molar refractivity (Wildman–Crippen MR) is 74.3 cm³/mol. The van der Waals surface area contributed by atoms with E-state index in [1.165, 1.54) is 18.1 Å². The molecule has 0 unspecified atom stereocenters. The fourth-order valence-electron chi connectivity index (χ4n) is 2.25. The normalized spacial score (nSPS) is 13.1. The standard InChI is InChI=1S/C13H17N3O4/c1-14(2)13(17)8-15-5-4-9-6-12(20-3)11(16(18)19)7-10(9)15/h6-7H,4-5,8H2,1-3H3. The molecule has 0 saturated heterocycles. The van der Waals surface area contributed by atoms with E-state index in [1.807, 2.05) is 4.90 Å². The summed E-state index contributed by atoms with van der Waals surface area (Å²) in [6, 6.07) is 3.18. The molecule has 0 aromatic heterocycles. The summed E-state index contributed by atoms with van der Waals surface area (Å²) in [5.41, 5.74) is 1.64. The first-order valence-corrected chi connectivity index (χ1v) is 6.24. The minimum absolute atomic E-state index is 0.0312. The molecule has 0 bridgehead atoms. The number of nitrogens with zero attached hydrogens (tertiary/aromatic N) is 3. The Kier molecular flexibility index (Phi) is 3.78. The van der Waals surface area contributed by atoms with Crippen LogP contribution in [0.5, 0.6) is 5.75 Å². The van der Waals surface area contributed by atoms with E-state index in [4.69, 9.17) is 4.74 Å². The maximum Gasteiger partial charge on any atom is 0.312 e. The number of ether oxygens (including phenoxy) is 1. The van der Waals surface area contributed by atoms with Gasteiger partial charge in [-0.05, 0) is 18.1 Å². The Balaban J connectivity index is 2.34. The van der Waals surface area contributed by atoms with Crippen molar-refractivity contribution in [1.82, 2.24) is 4.90 Å². The Morgan fingerprint density at radius 3 is 2.75 bits per heavy atom. The van der Waals surface area contributed by atoms with E-state index in [9.17, 15) is 14.9 Å². The largest absolute Gasteiger partial charge is 0.490 e. The number of nitro groups is 1. The van der Waals surface area contributed by atoms with E-state index in [0.717, 1.165) is 17.7 Å². The molecular weight excluding hydrogens is 262 g/mol. The van der Waals surface area contributed by atoms with Gasteiger partial charge in [-0.1, -0.05) is 0 Å². The summed E-state index contributed by atoms with van der Waals surface area (Å²) in [6.07, 6.45) is 0.754. The predicted octanol–water partition coefficient (Wildman–Crippen LogP) is 1.05. The van der Waals surface area contributed by atoms with Crippen molar-refractivity contribution in [2.75, 3.05) is 39.2 Å². The topological polar surface area (TPSA) is 75.9 Å². The third-order valence-corrected chi connectivity index (χ3v) is 3.39. The molecule has 0 spiro atoms. The number of hydrogen-bond acceptors (Lipinski definition) is 5. The Morgan fingerprint density at radius 1 is 1.50 bits per heavy atom.